The smallest absolute Gasteiger partial charge is 0.235 e. The summed E-state index contributed by atoms with van der Waals surface area (Å²) < 4.78 is 27.8. The van der Waals surface area contributed by atoms with Gasteiger partial charge in [0.05, 0.1) is 21.3 Å². The molecule has 0 fully saturated rings. The lowest BCUT2D eigenvalue weighted by atomic mass is 10.1. The molecule has 0 N–H and O–H groups in total. The van der Waals surface area contributed by atoms with E-state index in [1.807, 2.05) is 36.4 Å². The standard InChI is InChI=1S/C25H22O6/c1-27-18-10-9-17(20(12-18)30-15-16-7-5-4-6-8-16)11-23-25(26)24-21(29-3)13-19(28-2)14-22(24)31-23/h4-14H,15H2,1-3H3/b23-11-. The van der Waals surface area contributed by atoms with Gasteiger partial charge in [0.15, 0.2) is 5.76 Å². The van der Waals surface area contributed by atoms with E-state index in [0.29, 0.717) is 46.5 Å². The normalized spacial score (nSPS) is 13.5. The number of hydrogen-bond donors (Lipinski definition) is 0. The van der Waals surface area contributed by atoms with Crippen LogP contribution in [0.5, 0.6) is 28.7 Å². The van der Waals surface area contributed by atoms with E-state index >= 15 is 0 Å². The summed E-state index contributed by atoms with van der Waals surface area (Å²) in [5, 5.41) is 0. The van der Waals surface area contributed by atoms with Gasteiger partial charge in [-0.05, 0) is 23.8 Å². The van der Waals surface area contributed by atoms with Crippen molar-refractivity contribution in [1.29, 1.82) is 0 Å². The molecular weight excluding hydrogens is 396 g/mol. The molecule has 0 aliphatic carbocycles. The SMILES string of the molecule is COc1ccc(/C=C2\Oc3cc(OC)cc(OC)c3C2=O)c(OCc2ccccc2)c1. The van der Waals surface area contributed by atoms with Gasteiger partial charge in [0.25, 0.3) is 0 Å². The van der Waals surface area contributed by atoms with E-state index in [-0.39, 0.29) is 11.5 Å². The Balaban J connectivity index is 1.67. The first kappa shape index (κ1) is 20.3. The minimum absolute atomic E-state index is 0.177. The molecule has 0 radical (unpaired) electrons. The third-order valence-corrected chi connectivity index (χ3v) is 4.91. The highest BCUT2D eigenvalue weighted by Gasteiger charge is 2.32. The Morgan fingerprint density at radius 1 is 0.839 bits per heavy atom. The number of Topliss-reactive ketones (excluding diaryl/α,β-unsaturated/α-hetero) is 1. The van der Waals surface area contributed by atoms with Crippen molar-refractivity contribution in [2.45, 2.75) is 6.61 Å². The third-order valence-electron chi connectivity index (χ3n) is 4.91. The number of carbonyl (C=O) groups is 1. The Hall–Kier alpha value is -3.93. The molecule has 0 saturated carbocycles. The van der Waals surface area contributed by atoms with Gasteiger partial charge in [0.2, 0.25) is 5.78 Å². The summed E-state index contributed by atoms with van der Waals surface area (Å²) in [6, 6.07) is 18.6. The molecule has 31 heavy (non-hydrogen) atoms. The van der Waals surface area contributed by atoms with E-state index in [4.69, 9.17) is 23.7 Å². The second kappa shape index (κ2) is 8.83. The predicted molar refractivity (Wildman–Crippen MR) is 116 cm³/mol. The van der Waals surface area contributed by atoms with Crippen LogP contribution in [-0.4, -0.2) is 27.1 Å². The molecule has 1 aliphatic rings. The molecule has 1 aliphatic heterocycles. The topological polar surface area (TPSA) is 63.2 Å². The quantitative estimate of drug-likeness (QED) is 0.508. The second-order valence-corrected chi connectivity index (χ2v) is 6.82. The van der Waals surface area contributed by atoms with Gasteiger partial charge in [0.1, 0.15) is 40.9 Å². The number of rotatable bonds is 7. The van der Waals surface area contributed by atoms with Crippen molar-refractivity contribution in [3.8, 4) is 28.7 Å². The van der Waals surface area contributed by atoms with Gasteiger partial charge in [-0.3, -0.25) is 4.79 Å². The predicted octanol–water partition coefficient (Wildman–Crippen LogP) is 4.91. The van der Waals surface area contributed by atoms with Crippen LogP contribution in [0.2, 0.25) is 0 Å². The Morgan fingerprint density at radius 3 is 2.29 bits per heavy atom. The molecule has 0 amide bonds. The minimum atomic E-state index is -0.265. The fraction of sp³-hybridized carbons (Fsp3) is 0.160. The molecule has 4 rings (SSSR count). The lowest BCUT2D eigenvalue weighted by molar-refractivity contribution is 0.101. The van der Waals surface area contributed by atoms with Crippen molar-refractivity contribution in [1.82, 2.24) is 0 Å². The van der Waals surface area contributed by atoms with Gasteiger partial charge in [-0.1, -0.05) is 30.3 Å². The first-order chi connectivity index (χ1) is 15.1. The largest absolute Gasteiger partial charge is 0.497 e. The average molecular weight is 418 g/mol. The van der Waals surface area contributed by atoms with Crippen LogP contribution in [0.1, 0.15) is 21.5 Å². The summed E-state index contributed by atoms with van der Waals surface area (Å²) >= 11 is 0. The van der Waals surface area contributed by atoms with Crippen molar-refractivity contribution in [2.75, 3.05) is 21.3 Å². The molecule has 0 atom stereocenters. The fourth-order valence-corrected chi connectivity index (χ4v) is 3.29. The lowest BCUT2D eigenvalue weighted by Crippen LogP contribution is -2.02. The van der Waals surface area contributed by atoms with Gasteiger partial charge >= 0.3 is 0 Å². The van der Waals surface area contributed by atoms with Gasteiger partial charge in [-0.15, -0.1) is 0 Å². The maximum Gasteiger partial charge on any atom is 0.235 e. The molecule has 1 heterocycles. The van der Waals surface area contributed by atoms with E-state index in [1.165, 1.54) is 7.11 Å². The van der Waals surface area contributed by atoms with Crippen molar-refractivity contribution in [2.24, 2.45) is 0 Å². The highest BCUT2D eigenvalue weighted by molar-refractivity contribution is 6.16. The zero-order chi connectivity index (χ0) is 21.8. The van der Waals surface area contributed by atoms with Gasteiger partial charge in [-0.2, -0.15) is 0 Å². The second-order valence-electron chi connectivity index (χ2n) is 6.82. The Morgan fingerprint density at radius 2 is 1.58 bits per heavy atom. The van der Waals surface area contributed by atoms with Crippen LogP contribution in [0.15, 0.2) is 66.4 Å². The third kappa shape index (κ3) is 4.19. The number of hydrogen-bond acceptors (Lipinski definition) is 6. The molecule has 3 aromatic rings. The fourth-order valence-electron chi connectivity index (χ4n) is 3.29. The summed E-state index contributed by atoms with van der Waals surface area (Å²) in [5.74, 6) is 2.48. The lowest BCUT2D eigenvalue weighted by Gasteiger charge is -2.11. The van der Waals surface area contributed by atoms with Gasteiger partial charge < -0.3 is 23.7 Å². The summed E-state index contributed by atoms with van der Waals surface area (Å²) in [4.78, 5) is 13.0. The molecule has 158 valence electrons. The number of fused-ring (bicyclic) bond motifs is 1. The van der Waals surface area contributed by atoms with E-state index < -0.39 is 0 Å². The molecule has 0 bridgehead atoms. The molecule has 3 aromatic carbocycles. The molecule has 0 spiro atoms. The van der Waals surface area contributed by atoms with Crippen LogP contribution in [0.25, 0.3) is 6.08 Å². The van der Waals surface area contributed by atoms with E-state index in [1.54, 1.807) is 44.6 Å². The maximum atomic E-state index is 13.0. The van der Waals surface area contributed by atoms with Crippen molar-refractivity contribution in [3.63, 3.8) is 0 Å². The maximum absolute atomic E-state index is 13.0. The molecule has 6 nitrogen and oxygen atoms in total. The van der Waals surface area contributed by atoms with Gasteiger partial charge in [-0.25, -0.2) is 0 Å². The number of methoxy groups -OCH3 is 3. The first-order valence-corrected chi connectivity index (χ1v) is 9.68. The molecule has 0 aromatic heterocycles. The van der Waals surface area contributed by atoms with Crippen molar-refractivity contribution >= 4 is 11.9 Å². The number of allylic oxidation sites excluding steroid dienone is 1. The van der Waals surface area contributed by atoms with E-state index in [2.05, 4.69) is 0 Å². The highest BCUT2D eigenvalue weighted by atomic mass is 16.5. The summed E-state index contributed by atoms with van der Waals surface area (Å²) in [5.41, 5.74) is 2.09. The first-order valence-electron chi connectivity index (χ1n) is 9.68. The Kier molecular flexibility index (Phi) is 5.80. The molecule has 0 saturated heterocycles. The van der Waals surface area contributed by atoms with Gasteiger partial charge in [0, 0.05) is 23.8 Å². The number of benzene rings is 3. The average Bonchev–Trinajstić information content (AvgIpc) is 3.13. The van der Waals surface area contributed by atoms with Crippen LogP contribution in [0, 0.1) is 0 Å². The van der Waals surface area contributed by atoms with Crippen molar-refractivity contribution < 1.29 is 28.5 Å². The van der Waals surface area contributed by atoms with Crippen LogP contribution >= 0.6 is 0 Å². The summed E-state index contributed by atoms with van der Waals surface area (Å²) in [6.07, 6.45) is 1.66. The molecule has 6 heteroatoms. The van der Waals surface area contributed by atoms with Crippen molar-refractivity contribution in [3.05, 3.63) is 83.1 Å². The van der Waals surface area contributed by atoms with E-state index in [0.717, 1.165) is 5.56 Å². The highest BCUT2D eigenvalue weighted by Crippen LogP contribution is 2.42. The number of carbonyl (C=O) groups excluding carboxylic acids is 1. The zero-order valence-electron chi connectivity index (χ0n) is 17.5. The van der Waals surface area contributed by atoms with Crippen LogP contribution < -0.4 is 23.7 Å². The van der Waals surface area contributed by atoms with Crippen LogP contribution in [-0.2, 0) is 6.61 Å². The Labute approximate surface area is 180 Å². The van der Waals surface area contributed by atoms with E-state index in [9.17, 15) is 4.79 Å². The Bertz CT molecular complexity index is 1130. The minimum Gasteiger partial charge on any atom is -0.497 e. The number of ketones is 1. The monoisotopic (exact) mass is 418 g/mol. The van der Waals surface area contributed by atoms with Crippen LogP contribution in [0.4, 0.5) is 0 Å². The summed E-state index contributed by atoms with van der Waals surface area (Å²) in [7, 11) is 4.64. The number of ether oxygens (including phenoxy) is 5. The molecular formula is C25H22O6. The van der Waals surface area contributed by atoms with Crippen LogP contribution in [0.3, 0.4) is 0 Å². The molecule has 0 unspecified atom stereocenters. The summed E-state index contributed by atoms with van der Waals surface area (Å²) in [6.45, 7) is 0.379. The zero-order valence-corrected chi connectivity index (χ0v) is 17.5.